The number of carbonyl (C=O) groups is 3. The van der Waals surface area contributed by atoms with Crippen LogP contribution in [0.3, 0.4) is 0 Å². The highest BCUT2D eigenvalue weighted by Crippen LogP contribution is 2.34. The van der Waals surface area contributed by atoms with Crippen molar-refractivity contribution in [3.63, 3.8) is 0 Å². The van der Waals surface area contributed by atoms with E-state index in [2.05, 4.69) is 22.6 Å². The van der Waals surface area contributed by atoms with E-state index < -0.39 is 17.1 Å². The number of nitrogens with zero attached hydrogens (tertiary/aromatic N) is 1. The lowest BCUT2D eigenvalue weighted by Gasteiger charge is -2.12. The average molecular weight is 581 g/mol. The molecular weight excluding hydrogens is 557 g/mol. The predicted octanol–water partition coefficient (Wildman–Crippen LogP) is 5.26. The number of amides is 2. The molecule has 0 unspecified atom stereocenters. The minimum atomic E-state index is -0.594. The number of halogens is 1. The molecule has 9 heteroatoms. The second-order valence-electron chi connectivity index (χ2n) is 7.17. The molecule has 174 valence electrons. The van der Waals surface area contributed by atoms with E-state index in [1.54, 1.807) is 24.3 Å². The van der Waals surface area contributed by atoms with E-state index in [1.807, 2.05) is 31.2 Å². The van der Waals surface area contributed by atoms with Crippen LogP contribution in [0.15, 0.2) is 47.4 Å². The quantitative estimate of drug-likeness (QED) is 0.164. The molecule has 1 aliphatic rings. The first kappa shape index (κ1) is 25.1. The van der Waals surface area contributed by atoms with Gasteiger partial charge in [0, 0.05) is 3.57 Å². The summed E-state index contributed by atoms with van der Waals surface area (Å²) in [6.07, 6.45) is 3.22. The van der Waals surface area contributed by atoms with Gasteiger partial charge >= 0.3 is 5.97 Å². The van der Waals surface area contributed by atoms with Crippen LogP contribution in [-0.2, 0) is 20.9 Å². The summed E-state index contributed by atoms with van der Waals surface area (Å²) < 4.78 is 17.5. The molecule has 7 nitrogen and oxygen atoms in total. The van der Waals surface area contributed by atoms with Crippen LogP contribution in [-0.4, -0.2) is 42.3 Å². The summed E-state index contributed by atoms with van der Waals surface area (Å²) in [6.45, 7) is 2.26. The van der Waals surface area contributed by atoms with Gasteiger partial charge < -0.3 is 14.2 Å². The van der Waals surface area contributed by atoms with Gasteiger partial charge in [-0.1, -0.05) is 31.5 Å². The summed E-state index contributed by atoms with van der Waals surface area (Å²) in [7, 11) is 1.54. The van der Waals surface area contributed by atoms with Crippen LogP contribution in [0, 0.1) is 3.57 Å². The molecule has 33 heavy (non-hydrogen) atoms. The molecule has 1 aliphatic heterocycles. The van der Waals surface area contributed by atoms with Crippen LogP contribution in [0.5, 0.6) is 11.5 Å². The number of unbranched alkanes of at least 4 members (excludes halogenated alkanes) is 1. The molecule has 1 fully saturated rings. The van der Waals surface area contributed by atoms with E-state index in [1.165, 1.54) is 7.11 Å². The Morgan fingerprint density at radius 3 is 2.58 bits per heavy atom. The topological polar surface area (TPSA) is 82.1 Å². The number of ether oxygens (including phenoxy) is 3. The van der Waals surface area contributed by atoms with Gasteiger partial charge in [0.25, 0.3) is 11.1 Å². The van der Waals surface area contributed by atoms with Crippen LogP contribution in [0.1, 0.15) is 30.9 Å². The Labute approximate surface area is 210 Å². The van der Waals surface area contributed by atoms with E-state index in [0.29, 0.717) is 23.7 Å². The zero-order chi connectivity index (χ0) is 23.8. The van der Waals surface area contributed by atoms with Crippen molar-refractivity contribution >= 4 is 57.5 Å². The van der Waals surface area contributed by atoms with Gasteiger partial charge in [0.1, 0.15) is 13.2 Å². The number of thioether (sulfide) groups is 1. The molecule has 2 amide bonds. The number of imide groups is 1. The van der Waals surface area contributed by atoms with Crippen molar-refractivity contribution < 1.29 is 28.6 Å². The number of hydrogen-bond acceptors (Lipinski definition) is 7. The third-order valence-corrected chi connectivity index (χ3v) is 6.34. The molecule has 0 saturated carbocycles. The largest absolute Gasteiger partial charge is 0.493 e. The summed E-state index contributed by atoms with van der Waals surface area (Å²) in [4.78, 5) is 37.9. The van der Waals surface area contributed by atoms with Gasteiger partial charge in [-0.2, -0.15) is 0 Å². The molecule has 0 bridgehead atoms. The van der Waals surface area contributed by atoms with E-state index in [4.69, 9.17) is 14.2 Å². The Morgan fingerprint density at radius 1 is 1.12 bits per heavy atom. The highest BCUT2D eigenvalue weighted by Gasteiger charge is 2.36. The summed E-state index contributed by atoms with van der Waals surface area (Å²) in [5, 5.41) is -0.497. The summed E-state index contributed by atoms with van der Waals surface area (Å²) in [6, 6.07) is 13.3. The second-order valence-corrected chi connectivity index (χ2v) is 9.41. The molecule has 0 atom stereocenters. The van der Waals surface area contributed by atoms with Gasteiger partial charge in [0.2, 0.25) is 0 Å². The first-order valence-corrected chi connectivity index (χ1v) is 12.3. The van der Waals surface area contributed by atoms with Crippen molar-refractivity contribution in [3.8, 4) is 11.5 Å². The van der Waals surface area contributed by atoms with E-state index in [0.717, 1.165) is 38.6 Å². The van der Waals surface area contributed by atoms with Crippen molar-refractivity contribution in [2.75, 3.05) is 20.3 Å². The van der Waals surface area contributed by atoms with Crippen molar-refractivity contribution in [2.45, 2.75) is 26.4 Å². The summed E-state index contributed by atoms with van der Waals surface area (Å²) >= 11 is 3.04. The van der Waals surface area contributed by atoms with Crippen LogP contribution >= 0.6 is 34.4 Å². The zero-order valence-corrected chi connectivity index (χ0v) is 21.3. The maximum Gasteiger partial charge on any atom is 0.326 e. The molecule has 2 aromatic rings. The average Bonchev–Trinajstić information content (AvgIpc) is 3.06. The molecule has 0 radical (unpaired) electrons. The van der Waals surface area contributed by atoms with Gasteiger partial charge in [0.05, 0.1) is 18.6 Å². The predicted molar refractivity (Wildman–Crippen MR) is 135 cm³/mol. The molecule has 3 rings (SSSR count). The van der Waals surface area contributed by atoms with Gasteiger partial charge in [0.15, 0.2) is 11.5 Å². The third-order valence-electron chi connectivity index (χ3n) is 4.71. The van der Waals surface area contributed by atoms with Gasteiger partial charge in [-0.3, -0.25) is 19.3 Å². The molecule has 1 saturated heterocycles. The fourth-order valence-electron chi connectivity index (χ4n) is 2.93. The highest BCUT2D eigenvalue weighted by atomic mass is 127. The smallest absolute Gasteiger partial charge is 0.326 e. The SMILES string of the molecule is CCCCOC(=O)CN1C(=O)S/C(=C\c2ccc(OCc3ccc(I)cc3)c(OC)c2)C1=O. The Bertz CT molecular complexity index is 1050. The van der Waals surface area contributed by atoms with Crippen molar-refractivity contribution in [1.82, 2.24) is 4.90 Å². The molecule has 1 heterocycles. The van der Waals surface area contributed by atoms with Crippen molar-refractivity contribution in [1.29, 1.82) is 0 Å². The standard InChI is InChI=1S/C24H24INO6S/c1-3-4-11-31-22(27)14-26-23(28)21(33-24(26)29)13-17-7-10-19(20(12-17)30-2)32-15-16-5-8-18(25)9-6-16/h5-10,12-13H,3-4,11,14-15H2,1-2H3/b21-13-. The molecule has 0 aliphatic carbocycles. The monoisotopic (exact) mass is 581 g/mol. The van der Waals surface area contributed by atoms with E-state index in [-0.39, 0.29) is 18.1 Å². The van der Waals surface area contributed by atoms with Gasteiger partial charge in [-0.25, -0.2) is 0 Å². The molecule has 0 spiro atoms. The third kappa shape index (κ3) is 6.97. The Balaban J connectivity index is 1.67. The van der Waals surface area contributed by atoms with Crippen LogP contribution in [0.4, 0.5) is 4.79 Å². The lowest BCUT2D eigenvalue weighted by molar-refractivity contribution is -0.146. The molecule has 0 aromatic heterocycles. The summed E-state index contributed by atoms with van der Waals surface area (Å²) in [5.41, 5.74) is 1.70. The van der Waals surface area contributed by atoms with Crippen molar-refractivity contribution in [3.05, 3.63) is 62.1 Å². The molecular formula is C24H24INO6S. The van der Waals surface area contributed by atoms with E-state index >= 15 is 0 Å². The number of carbonyl (C=O) groups excluding carboxylic acids is 3. The maximum absolute atomic E-state index is 12.6. The first-order valence-electron chi connectivity index (χ1n) is 10.4. The molecule has 2 aromatic carbocycles. The van der Waals surface area contributed by atoms with Gasteiger partial charge in [-0.05, 0) is 82.2 Å². The summed E-state index contributed by atoms with van der Waals surface area (Å²) in [5.74, 6) is -0.0390. The van der Waals surface area contributed by atoms with Crippen LogP contribution in [0.2, 0.25) is 0 Å². The Hall–Kier alpha value is -2.53. The highest BCUT2D eigenvalue weighted by molar-refractivity contribution is 14.1. The number of methoxy groups -OCH3 is 1. The van der Waals surface area contributed by atoms with Crippen molar-refractivity contribution in [2.24, 2.45) is 0 Å². The fraction of sp³-hybridized carbons (Fsp3) is 0.292. The van der Waals surface area contributed by atoms with Gasteiger partial charge in [-0.15, -0.1) is 0 Å². The number of benzene rings is 2. The Kier molecular flexibility index (Phi) is 9.19. The Morgan fingerprint density at radius 2 is 1.88 bits per heavy atom. The second kappa shape index (κ2) is 12.1. The number of rotatable bonds is 10. The van der Waals surface area contributed by atoms with E-state index in [9.17, 15) is 14.4 Å². The zero-order valence-electron chi connectivity index (χ0n) is 18.3. The normalized spacial score (nSPS) is 14.6. The number of esters is 1. The lowest BCUT2D eigenvalue weighted by Crippen LogP contribution is -2.34. The first-order chi connectivity index (χ1) is 15.9. The minimum Gasteiger partial charge on any atom is -0.493 e. The lowest BCUT2D eigenvalue weighted by atomic mass is 10.1. The molecule has 0 N–H and O–H groups in total. The maximum atomic E-state index is 12.6. The van der Waals surface area contributed by atoms with Crippen LogP contribution in [0.25, 0.3) is 6.08 Å². The number of hydrogen-bond donors (Lipinski definition) is 0. The fourth-order valence-corrected chi connectivity index (χ4v) is 4.13. The minimum absolute atomic E-state index is 0.232. The van der Waals surface area contributed by atoms with Crippen LogP contribution < -0.4 is 9.47 Å².